The molecule has 0 radical (unpaired) electrons. The number of hydrogen-bond acceptors (Lipinski definition) is 4. The van der Waals surface area contributed by atoms with Gasteiger partial charge in [-0.2, -0.15) is 13.2 Å². The SMILES string of the molecule is COC(=O)[C@H](Cc1ccc(OC)cc1)NC(=O)Cc1cccc(C(F)(F)F)c1. The average Bonchev–Trinajstić information content (AvgIpc) is 2.67. The molecule has 5 nitrogen and oxygen atoms in total. The Balaban J connectivity index is 2.07. The van der Waals surface area contributed by atoms with Gasteiger partial charge >= 0.3 is 12.1 Å². The Morgan fingerprint density at radius 1 is 1.04 bits per heavy atom. The van der Waals surface area contributed by atoms with Crippen molar-refractivity contribution in [2.45, 2.75) is 25.1 Å². The van der Waals surface area contributed by atoms with Crippen LogP contribution in [0.1, 0.15) is 16.7 Å². The van der Waals surface area contributed by atoms with Gasteiger partial charge in [-0.1, -0.05) is 30.3 Å². The summed E-state index contributed by atoms with van der Waals surface area (Å²) in [7, 11) is 2.72. The van der Waals surface area contributed by atoms with Crippen LogP contribution in [0.3, 0.4) is 0 Å². The third kappa shape index (κ3) is 6.00. The lowest BCUT2D eigenvalue weighted by Gasteiger charge is -2.17. The highest BCUT2D eigenvalue weighted by Crippen LogP contribution is 2.29. The first-order valence-electron chi connectivity index (χ1n) is 8.39. The molecule has 0 spiro atoms. The van der Waals surface area contributed by atoms with Crippen molar-refractivity contribution in [1.29, 1.82) is 0 Å². The second-order valence-electron chi connectivity index (χ2n) is 6.07. The van der Waals surface area contributed by atoms with E-state index >= 15 is 0 Å². The van der Waals surface area contributed by atoms with E-state index in [-0.39, 0.29) is 18.4 Å². The first kappa shape index (κ1) is 21.3. The number of hydrogen-bond donors (Lipinski definition) is 1. The van der Waals surface area contributed by atoms with E-state index in [1.165, 1.54) is 26.4 Å². The summed E-state index contributed by atoms with van der Waals surface area (Å²) in [5, 5.41) is 2.53. The van der Waals surface area contributed by atoms with Gasteiger partial charge in [0.1, 0.15) is 11.8 Å². The highest BCUT2D eigenvalue weighted by Gasteiger charge is 2.30. The third-order valence-corrected chi connectivity index (χ3v) is 4.04. The second kappa shape index (κ2) is 9.25. The van der Waals surface area contributed by atoms with Gasteiger partial charge in [-0.15, -0.1) is 0 Å². The van der Waals surface area contributed by atoms with Crippen molar-refractivity contribution in [2.24, 2.45) is 0 Å². The molecular formula is C20H20F3NO4. The maximum Gasteiger partial charge on any atom is 0.416 e. The first-order chi connectivity index (χ1) is 13.2. The molecule has 2 aromatic carbocycles. The Morgan fingerprint density at radius 3 is 2.29 bits per heavy atom. The number of amides is 1. The molecule has 8 heteroatoms. The number of carbonyl (C=O) groups excluding carboxylic acids is 2. The van der Waals surface area contributed by atoms with Crippen LogP contribution in [0.5, 0.6) is 5.75 Å². The molecule has 1 atom stereocenters. The molecule has 150 valence electrons. The van der Waals surface area contributed by atoms with Crippen LogP contribution in [0.25, 0.3) is 0 Å². The smallest absolute Gasteiger partial charge is 0.416 e. The molecule has 0 saturated carbocycles. The van der Waals surface area contributed by atoms with Crippen molar-refractivity contribution in [3.63, 3.8) is 0 Å². The summed E-state index contributed by atoms with van der Waals surface area (Å²) in [6.07, 6.45) is -4.61. The van der Waals surface area contributed by atoms with Gasteiger partial charge in [0.25, 0.3) is 0 Å². The van der Waals surface area contributed by atoms with Crippen molar-refractivity contribution in [3.05, 3.63) is 65.2 Å². The predicted molar refractivity (Wildman–Crippen MR) is 95.8 cm³/mol. The number of nitrogens with one attached hydrogen (secondary N) is 1. The van der Waals surface area contributed by atoms with Crippen LogP contribution in [0.15, 0.2) is 48.5 Å². The Morgan fingerprint density at radius 2 is 1.71 bits per heavy atom. The van der Waals surface area contributed by atoms with Crippen molar-refractivity contribution in [2.75, 3.05) is 14.2 Å². The fraction of sp³-hybridized carbons (Fsp3) is 0.300. The molecule has 28 heavy (non-hydrogen) atoms. The number of rotatable bonds is 7. The summed E-state index contributed by atoms with van der Waals surface area (Å²) in [4.78, 5) is 24.3. The van der Waals surface area contributed by atoms with Crippen LogP contribution in [0.2, 0.25) is 0 Å². The fourth-order valence-corrected chi connectivity index (χ4v) is 2.62. The van der Waals surface area contributed by atoms with E-state index in [0.29, 0.717) is 5.75 Å². The van der Waals surface area contributed by atoms with Crippen molar-refractivity contribution < 1.29 is 32.2 Å². The molecule has 0 aliphatic rings. The molecule has 0 saturated heterocycles. The van der Waals surface area contributed by atoms with Gasteiger partial charge in [0.2, 0.25) is 5.91 Å². The van der Waals surface area contributed by atoms with Crippen LogP contribution in [0.4, 0.5) is 13.2 Å². The molecule has 2 rings (SSSR count). The van der Waals surface area contributed by atoms with E-state index in [1.54, 1.807) is 24.3 Å². The summed E-state index contributed by atoms with van der Waals surface area (Å²) in [5.74, 6) is -0.580. The summed E-state index contributed by atoms with van der Waals surface area (Å²) < 4.78 is 48.2. The van der Waals surface area contributed by atoms with Crippen LogP contribution in [-0.2, 0) is 33.3 Å². The summed E-state index contributed by atoms with van der Waals surface area (Å²) in [5.41, 5.74) is 0.122. The Hall–Kier alpha value is -3.03. The molecule has 1 amide bonds. The lowest BCUT2D eigenvalue weighted by molar-refractivity contribution is -0.145. The van der Waals surface area contributed by atoms with Crippen LogP contribution < -0.4 is 10.1 Å². The number of alkyl halides is 3. The fourth-order valence-electron chi connectivity index (χ4n) is 2.62. The molecule has 0 unspecified atom stereocenters. The van der Waals surface area contributed by atoms with Crippen LogP contribution in [0, 0.1) is 0 Å². The topological polar surface area (TPSA) is 64.6 Å². The van der Waals surface area contributed by atoms with Crippen molar-refractivity contribution in [3.8, 4) is 5.75 Å². The summed E-state index contributed by atoms with van der Waals surface area (Å²) in [6.45, 7) is 0. The highest BCUT2D eigenvalue weighted by atomic mass is 19.4. The predicted octanol–water partition coefficient (Wildman–Crippen LogP) is 3.16. The molecule has 0 aromatic heterocycles. The normalized spacial score (nSPS) is 12.2. The number of methoxy groups -OCH3 is 2. The zero-order valence-corrected chi connectivity index (χ0v) is 15.4. The van der Waals surface area contributed by atoms with E-state index < -0.39 is 29.7 Å². The molecule has 0 bridgehead atoms. The Kier molecular flexibility index (Phi) is 7.03. The number of carbonyl (C=O) groups is 2. The molecule has 0 aliphatic heterocycles. The molecule has 2 aromatic rings. The van der Waals surface area contributed by atoms with Crippen molar-refractivity contribution in [1.82, 2.24) is 5.32 Å². The van der Waals surface area contributed by atoms with E-state index in [1.807, 2.05) is 0 Å². The minimum Gasteiger partial charge on any atom is -0.497 e. The zero-order chi connectivity index (χ0) is 20.7. The standard InChI is InChI=1S/C20H20F3NO4/c1-27-16-8-6-13(7-9-16)11-17(19(26)28-2)24-18(25)12-14-4-3-5-15(10-14)20(21,22)23/h3-10,17H,11-12H2,1-2H3,(H,24,25)/t17-/m0/s1. The van der Waals surface area contributed by atoms with Gasteiger partial charge in [-0.05, 0) is 29.3 Å². The minimum atomic E-state index is -4.49. The lowest BCUT2D eigenvalue weighted by Crippen LogP contribution is -2.43. The molecule has 1 N–H and O–H groups in total. The highest BCUT2D eigenvalue weighted by molar-refractivity contribution is 5.85. The van der Waals surface area contributed by atoms with Gasteiger partial charge in [0, 0.05) is 6.42 Å². The zero-order valence-electron chi connectivity index (χ0n) is 15.4. The quantitative estimate of drug-likeness (QED) is 0.732. The second-order valence-corrected chi connectivity index (χ2v) is 6.07. The van der Waals surface area contributed by atoms with Crippen LogP contribution >= 0.6 is 0 Å². The molecule has 0 aliphatic carbocycles. The minimum absolute atomic E-state index is 0.172. The lowest BCUT2D eigenvalue weighted by atomic mass is 10.0. The third-order valence-electron chi connectivity index (χ3n) is 4.04. The number of esters is 1. The van der Waals surface area contributed by atoms with Crippen molar-refractivity contribution >= 4 is 11.9 Å². The number of ether oxygens (including phenoxy) is 2. The van der Waals surface area contributed by atoms with E-state index in [0.717, 1.165) is 17.7 Å². The Labute approximate surface area is 160 Å². The van der Waals surface area contributed by atoms with Gasteiger partial charge in [-0.25, -0.2) is 4.79 Å². The van der Waals surface area contributed by atoms with Gasteiger partial charge < -0.3 is 14.8 Å². The Bertz CT molecular complexity index is 819. The maximum atomic E-state index is 12.8. The molecular weight excluding hydrogens is 375 g/mol. The van der Waals surface area contributed by atoms with E-state index in [2.05, 4.69) is 5.32 Å². The van der Waals surface area contributed by atoms with Gasteiger partial charge in [0.15, 0.2) is 0 Å². The van der Waals surface area contributed by atoms with Gasteiger partial charge in [-0.3, -0.25) is 4.79 Å². The monoisotopic (exact) mass is 395 g/mol. The molecule has 0 heterocycles. The van der Waals surface area contributed by atoms with Crippen LogP contribution in [-0.4, -0.2) is 32.1 Å². The number of halogens is 3. The number of benzene rings is 2. The van der Waals surface area contributed by atoms with E-state index in [9.17, 15) is 22.8 Å². The summed E-state index contributed by atoms with van der Waals surface area (Å²) >= 11 is 0. The first-order valence-corrected chi connectivity index (χ1v) is 8.39. The average molecular weight is 395 g/mol. The summed E-state index contributed by atoms with van der Waals surface area (Å²) in [6, 6.07) is 10.5. The maximum absolute atomic E-state index is 12.8. The van der Waals surface area contributed by atoms with Gasteiger partial charge in [0.05, 0.1) is 26.2 Å². The largest absolute Gasteiger partial charge is 0.497 e. The van der Waals surface area contributed by atoms with E-state index in [4.69, 9.17) is 9.47 Å². The molecule has 0 fully saturated rings.